The van der Waals surface area contributed by atoms with Crippen molar-refractivity contribution in [1.82, 2.24) is 14.7 Å². The second-order valence-electron chi connectivity index (χ2n) is 8.23. The first-order valence-electron chi connectivity index (χ1n) is 11.2. The second-order valence-corrected chi connectivity index (χ2v) is 8.23. The van der Waals surface area contributed by atoms with Crippen LogP contribution in [0.15, 0.2) is 47.1 Å². The van der Waals surface area contributed by atoms with Crippen LogP contribution in [0.2, 0.25) is 0 Å². The molecule has 1 aromatic heterocycles. The van der Waals surface area contributed by atoms with Gasteiger partial charge in [-0.05, 0) is 49.2 Å². The summed E-state index contributed by atoms with van der Waals surface area (Å²) >= 11 is 0. The maximum Gasteiger partial charge on any atom is 0.289 e. The molecule has 172 valence electrons. The summed E-state index contributed by atoms with van der Waals surface area (Å²) in [5.41, 5.74) is 0. The van der Waals surface area contributed by atoms with Gasteiger partial charge >= 0.3 is 0 Å². The highest BCUT2D eigenvalue weighted by Crippen LogP contribution is 2.22. The van der Waals surface area contributed by atoms with Crippen LogP contribution in [0.5, 0.6) is 11.5 Å². The lowest BCUT2D eigenvalue weighted by atomic mass is 9.94. The number of amides is 2. The standard InChI is InChI=1S/C24H31N3O5/c1-30-20-4-6-21(7-5-20)31-18-16-25-12-14-27(15-13-25)23(28)19-8-10-26(11-9-19)24(29)22-3-2-17-32-22/h2-7,17,19H,8-16,18H2,1H3. The lowest BCUT2D eigenvalue weighted by Gasteiger charge is -2.38. The van der Waals surface area contributed by atoms with Crippen molar-refractivity contribution < 1.29 is 23.5 Å². The van der Waals surface area contributed by atoms with E-state index < -0.39 is 0 Å². The molecule has 8 nitrogen and oxygen atoms in total. The molecule has 1 aromatic carbocycles. The van der Waals surface area contributed by atoms with Gasteiger partial charge in [0.1, 0.15) is 18.1 Å². The summed E-state index contributed by atoms with van der Waals surface area (Å²) in [6, 6.07) is 11.0. The molecule has 0 N–H and O–H groups in total. The summed E-state index contributed by atoms with van der Waals surface area (Å²) in [5, 5.41) is 0. The number of likely N-dealkylation sites (tertiary alicyclic amines) is 1. The van der Waals surface area contributed by atoms with Gasteiger partial charge in [0.05, 0.1) is 13.4 Å². The summed E-state index contributed by atoms with van der Waals surface area (Å²) in [7, 11) is 1.65. The van der Waals surface area contributed by atoms with Crippen LogP contribution in [-0.4, -0.2) is 86.0 Å². The van der Waals surface area contributed by atoms with Crippen LogP contribution in [0.1, 0.15) is 23.4 Å². The van der Waals surface area contributed by atoms with Crippen LogP contribution in [0.25, 0.3) is 0 Å². The van der Waals surface area contributed by atoms with Crippen LogP contribution in [-0.2, 0) is 4.79 Å². The van der Waals surface area contributed by atoms with Gasteiger partial charge in [-0.15, -0.1) is 0 Å². The first kappa shape index (κ1) is 22.2. The molecule has 0 bridgehead atoms. The molecule has 3 heterocycles. The first-order chi connectivity index (χ1) is 15.6. The zero-order valence-electron chi connectivity index (χ0n) is 18.6. The monoisotopic (exact) mass is 441 g/mol. The van der Waals surface area contributed by atoms with Gasteiger partial charge in [-0.3, -0.25) is 14.5 Å². The average Bonchev–Trinajstić information content (AvgIpc) is 3.39. The van der Waals surface area contributed by atoms with E-state index in [1.54, 1.807) is 24.1 Å². The van der Waals surface area contributed by atoms with Crippen molar-refractivity contribution in [2.45, 2.75) is 12.8 Å². The third-order valence-corrected chi connectivity index (χ3v) is 6.28. The largest absolute Gasteiger partial charge is 0.497 e. The first-order valence-corrected chi connectivity index (χ1v) is 11.2. The number of hydrogen-bond donors (Lipinski definition) is 0. The minimum absolute atomic E-state index is 0.000561. The number of carbonyl (C=O) groups excluding carboxylic acids is 2. The molecule has 0 spiro atoms. The molecule has 2 aliphatic heterocycles. The van der Waals surface area contributed by atoms with Gasteiger partial charge in [0.2, 0.25) is 5.91 Å². The molecule has 32 heavy (non-hydrogen) atoms. The Labute approximate surface area is 188 Å². The Morgan fingerprint density at radius 3 is 2.25 bits per heavy atom. The van der Waals surface area contributed by atoms with Crippen LogP contribution >= 0.6 is 0 Å². The fraction of sp³-hybridized carbons (Fsp3) is 0.500. The SMILES string of the molecule is COc1ccc(OCCN2CCN(C(=O)C3CCN(C(=O)c4ccco4)CC3)CC2)cc1. The van der Waals surface area contributed by atoms with Crippen molar-refractivity contribution in [3.63, 3.8) is 0 Å². The van der Waals surface area contributed by atoms with E-state index in [1.165, 1.54) is 6.26 Å². The summed E-state index contributed by atoms with van der Waals surface area (Å²) in [6.07, 6.45) is 2.93. The van der Waals surface area contributed by atoms with Crippen LogP contribution in [0.3, 0.4) is 0 Å². The van der Waals surface area contributed by atoms with E-state index in [1.807, 2.05) is 29.2 Å². The van der Waals surface area contributed by atoms with Crippen LogP contribution in [0, 0.1) is 5.92 Å². The summed E-state index contributed by atoms with van der Waals surface area (Å²) in [5.74, 6) is 2.14. The molecule has 8 heteroatoms. The quantitative estimate of drug-likeness (QED) is 0.657. The number of rotatable bonds is 7. The lowest BCUT2D eigenvalue weighted by Crippen LogP contribution is -2.52. The molecule has 2 saturated heterocycles. The Balaban J connectivity index is 1.15. The van der Waals surface area contributed by atoms with Gasteiger partial charge in [0.25, 0.3) is 5.91 Å². The number of piperidine rings is 1. The molecular formula is C24H31N3O5. The maximum absolute atomic E-state index is 13.0. The molecule has 0 saturated carbocycles. The average molecular weight is 442 g/mol. The van der Waals surface area contributed by atoms with E-state index >= 15 is 0 Å². The number of ether oxygens (including phenoxy) is 2. The predicted octanol–water partition coefficient (Wildman–Crippen LogP) is 2.36. The molecule has 2 amide bonds. The summed E-state index contributed by atoms with van der Waals surface area (Å²) in [4.78, 5) is 31.5. The van der Waals surface area contributed by atoms with Crippen molar-refractivity contribution in [1.29, 1.82) is 0 Å². The topological polar surface area (TPSA) is 75.5 Å². The Kier molecular flexibility index (Phi) is 7.32. The number of nitrogens with zero attached hydrogens (tertiary/aromatic N) is 3. The van der Waals surface area contributed by atoms with Crippen LogP contribution < -0.4 is 9.47 Å². The molecule has 0 atom stereocenters. The van der Waals surface area contributed by atoms with Gasteiger partial charge in [-0.25, -0.2) is 0 Å². The highest BCUT2D eigenvalue weighted by atomic mass is 16.5. The minimum Gasteiger partial charge on any atom is -0.497 e. The van der Waals surface area contributed by atoms with Crippen molar-refractivity contribution in [2.75, 3.05) is 59.5 Å². The smallest absolute Gasteiger partial charge is 0.289 e. The van der Waals surface area contributed by atoms with Gasteiger partial charge in [0, 0.05) is 51.7 Å². The Morgan fingerprint density at radius 1 is 0.938 bits per heavy atom. The number of carbonyl (C=O) groups is 2. The van der Waals surface area contributed by atoms with Gasteiger partial charge in [-0.1, -0.05) is 0 Å². The third-order valence-electron chi connectivity index (χ3n) is 6.28. The highest BCUT2D eigenvalue weighted by Gasteiger charge is 2.32. The van der Waals surface area contributed by atoms with Crippen molar-refractivity contribution >= 4 is 11.8 Å². The van der Waals surface area contributed by atoms with E-state index in [9.17, 15) is 9.59 Å². The van der Waals surface area contributed by atoms with E-state index in [0.29, 0.717) is 38.3 Å². The van der Waals surface area contributed by atoms with Crippen molar-refractivity contribution in [3.05, 3.63) is 48.4 Å². The fourth-order valence-corrected chi connectivity index (χ4v) is 4.30. The van der Waals surface area contributed by atoms with Gasteiger partial charge < -0.3 is 23.7 Å². The molecule has 2 aliphatic rings. The highest BCUT2D eigenvalue weighted by molar-refractivity contribution is 5.91. The summed E-state index contributed by atoms with van der Waals surface area (Å²) in [6.45, 7) is 5.84. The third kappa shape index (κ3) is 5.43. The molecule has 0 unspecified atom stereocenters. The maximum atomic E-state index is 13.0. The van der Waals surface area contributed by atoms with Crippen molar-refractivity contribution in [3.8, 4) is 11.5 Å². The minimum atomic E-state index is -0.0913. The molecule has 2 fully saturated rings. The number of benzene rings is 1. The van der Waals surface area contributed by atoms with E-state index in [4.69, 9.17) is 13.9 Å². The zero-order valence-corrected chi connectivity index (χ0v) is 18.6. The molecular weight excluding hydrogens is 410 g/mol. The Hall–Kier alpha value is -3.00. The Morgan fingerprint density at radius 2 is 1.62 bits per heavy atom. The van der Waals surface area contributed by atoms with E-state index in [0.717, 1.165) is 44.2 Å². The van der Waals surface area contributed by atoms with E-state index in [-0.39, 0.29) is 17.7 Å². The normalized spacial score (nSPS) is 17.9. The number of piperazine rings is 1. The zero-order chi connectivity index (χ0) is 22.3. The van der Waals surface area contributed by atoms with Crippen LogP contribution in [0.4, 0.5) is 0 Å². The molecule has 0 aliphatic carbocycles. The lowest BCUT2D eigenvalue weighted by molar-refractivity contribution is -0.138. The Bertz CT molecular complexity index is 868. The summed E-state index contributed by atoms with van der Waals surface area (Å²) < 4.78 is 16.2. The fourth-order valence-electron chi connectivity index (χ4n) is 4.30. The molecule has 4 rings (SSSR count). The van der Waals surface area contributed by atoms with Gasteiger partial charge in [-0.2, -0.15) is 0 Å². The van der Waals surface area contributed by atoms with E-state index in [2.05, 4.69) is 4.90 Å². The molecule has 0 radical (unpaired) electrons. The van der Waals surface area contributed by atoms with Gasteiger partial charge in [0.15, 0.2) is 5.76 Å². The number of hydrogen-bond acceptors (Lipinski definition) is 6. The number of methoxy groups -OCH3 is 1. The number of furan rings is 1. The van der Waals surface area contributed by atoms with Crippen molar-refractivity contribution in [2.24, 2.45) is 5.92 Å². The second kappa shape index (κ2) is 10.5. The molecule has 2 aromatic rings. The predicted molar refractivity (Wildman–Crippen MR) is 119 cm³/mol.